The Morgan fingerprint density at radius 3 is 2.43 bits per heavy atom. The lowest BCUT2D eigenvalue weighted by atomic mass is 9.59. The van der Waals surface area contributed by atoms with Crippen LogP contribution in [0.15, 0.2) is 0 Å². The molecule has 0 amide bonds. The van der Waals surface area contributed by atoms with Gasteiger partial charge in [0.2, 0.25) is 0 Å². The molecule has 6 unspecified atom stereocenters. The molecule has 4 heteroatoms. The van der Waals surface area contributed by atoms with Gasteiger partial charge in [0.25, 0.3) is 0 Å². The van der Waals surface area contributed by atoms with Crippen LogP contribution in [0.5, 0.6) is 0 Å². The third-order valence-corrected chi connectivity index (χ3v) is 7.83. The average molecular weight is 395 g/mol. The summed E-state index contributed by atoms with van der Waals surface area (Å²) in [6, 6.07) is 0. The van der Waals surface area contributed by atoms with E-state index in [0.717, 1.165) is 12.8 Å². The molecule has 1 N–H and O–H groups in total. The minimum absolute atomic E-state index is 0.279. The second-order valence-corrected chi connectivity index (χ2v) is 10.3. The minimum atomic E-state index is -0.850. The van der Waals surface area contributed by atoms with Crippen LogP contribution in [0.2, 0.25) is 0 Å². The van der Waals surface area contributed by atoms with Gasteiger partial charge in [0.1, 0.15) is 0 Å². The number of carboxylic acid groups (broad SMARTS) is 1. The lowest BCUT2D eigenvalue weighted by Crippen LogP contribution is -2.41. The van der Waals surface area contributed by atoms with E-state index in [2.05, 4.69) is 34.6 Å². The molecule has 0 aromatic carbocycles. The maximum Gasteiger partial charge on any atom is 0.309 e. The number of rotatable bonds is 8. The Labute approximate surface area is 171 Å². The molecule has 2 saturated carbocycles. The maximum atomic E-state index is 12.7. The van der Waals surface area contributed by atoms with Crippen LogP contribution in [0.4, 0.5) is 0 Å². The SMILES string of the molecule is CCCCCC1C(C)C(COC(=O)C2CCC(C)CC2C(=O)O)CCC1(C)C. The number of hydrogen-bond donors (Lipinski definition) is 1. The Hall–Kier alpha value is -1.06. The summed E-state index contributed by atoms with van der Waals surface area (Å²) in [6.07, 6.45) is 9.48. The Balaban J connectivity index is 1.93. The van der Waals surface area contributed by atoms with Crippen LogP contribution in [-0.4, -0.2) is 23.7 Å². The molecule has 0 aliphatic heterocycles. The molecule has 0 radical (unpaired) electrons. The van der Waals surface area contributed by atoms with E-state index in [9.17, 15) is 14.7 Å². The molecule has 6 atom stereocenters. The quantitative estimate of drug-likeness (QED) is 0.409. The topological polar surface area (TPSA) is 63.6 Å². The number of hydrogen-bond acceptors (Lipinski definition) is 3. The van der Waals surface area contributed by atoms with Crippen molar-refractivity contribution in [3.05, 3.63) is 0 Å². The monoisotopic (exact) mass is 394 g/mol. The number of carbonyl (C=O) groups is 2. The zero-order valence-corrected chi connectivity index (χ0v) is 18.7. The van der Waals surface area contributed by atoms with Crippen molar-refractivity contribution in [2.75, 3.05) is 6.61 Å². The number of unbranched alkanes of at least 4 members (excludes halogenated alkanes) is 2. The van der Waals surface area contributed by atoms with Crippen molar-refractivity contribution < 1.29 is 19.4 Å². The molecule has 162 valence electrons. The van der Waals surface area contributed by atoms with Crippen molar-refractivity contribution in [2.24, 2.45) is 40.9 Å². The molecule has 0 bridgehead atoms. The Bertz CT molecular complexity index is 527. The van der Waals surface area contributed by atoms with Gasteiger partial charge in [0, 0.05) is 0 Å². The van der Waals surface area contributed by atoms with Gasteiger partial charge in [-0.1, -0.05) is 53.9 Å². The van der Waals surface area contributed by atoms with Gasteiger partial charge in [-0.3, -0.25) is 9.59 Å². The van der Waals surface area contributed by atoms with Crippen molar-refractivity contribution in [3.63, 3.8) is 0 Å². The fraction of sp³-hybridized carbons (Fsp3) is 0.917. The normalized spacial score (nSPS) is 35.3. The fourth-order valence-electron chi connectivity index (χ4n) is 5.78. The van der Waals surface area contributed by atoms with Crippen LogP contribution in [0, 0.1) is 40.9 Å². The van der Waals surface area contributed by atoms with Crippen molar-refractivity contribution in [2.45, 2.75) is 92.4 Å². The second-order valence-electron chi connectivity index (χ2n) is 10.3. The van der Waals surface area contributed by atoms with Gasteiger partial charge >= 0.3 is 11.9 Å². The Kier molecular flexibility index (Phi) is 8.39. The Morgan fingerprint density at radius 1 is 1.07 bits per heavy atom. The van der Waals surface area contributed by atoms with Crippen LogP contribution in [0.3, 0.4) is 0 Å². The van der Waals surface area contributed by atoms with Crippen molar-refractivity contribution in [1.82, 2.24) is 0 Å². The molecular weight excluding hydrogens is 352 g/mol. The summed E-state index contributed by atoms with van der Waals surface area (Å²) in [5.41, 5.74) is 0.349. The first-order valence-corrected chi connectivity index (χ1v) is 11.6. The van der Waals surface area contributed by atoms with Crippen molar-refractivity contribution >= 4 is 11.9 Å². The van der Waals surface area contributed by atoms with Gasteiger partial charge in [0.05, 0.1) is 18.4 Å². The molecule has 2 fully saturated rings. The molecule has 0 spiro atoms. The van der Waals surface area contributed by atoms with Crippen LogP contribution in [-0.2, 0) is 14.3 Å². The molecule has 28 heavy (non-hydrogen) atoms. The van der Waals surface area contributed by atoms with E-state index in [-0.39, 0.29) is 5.97 Å². The first kappa shape index (κ1) is 23.2. The van der Waals surface area contributed by atoms with E-state index >= 15 is 0 Å². The minimum Gasteiger partial charge on any atom is -0.481 e. The first-order valence-electron chi connectivity index (χ1n) is 11.6. The standard InChI is InChI=1S/C24H42O4/c1-6-7-8-9-21-17(3)18(12-13-24(21,4)5)15-28-23(27)19-11-10-16(2)14-20(19)22(25)26/h16-21H,6-15H2,1-5H3,(H,25,26). The molecule has 4 nitrogen and oxygen atoms in total. The molecule has 2 rings (SSSR count). The van der Waals surface area contributed by atoms with E-state index in [0.29, 0.717) is 48.5 Å². The van der Waals surface area contributed by atoms with Crippen molar-refractivity contribution in [1.29, 1.82) is 0 Å². The zero-order valence-electron chi connectivity index (χ0n) is 18.7. The summed E-state index contributed by atoms with van der Waals surface area (Å²) in [5.74, 6) is -0.209. The van der Waals surface area contributed by atoms with Crippen LogP contribution >= 0.6 is 0 Å². The van der Waals surface area contributed by atoms with E-state index in [1.807, 2.05) is 0 Å². The number of ether oxygens (including phenoxy) is 1. The molecule has 0 heterocycles. The zero-order chi connectivity index (χ0) is 20.9. The van der Waals surface area contributed by atoms with E-state index < -0.39 is 17.8 Å². The van der Waals surface area contributed by atoms with E-state index in [4.69, 9.17) is 4.74 Å². The van der Waals surface area contributed by atoms with Gasteiger partial charge in [0.15, 0.2) is 0 Å². The van der Waals surface area contributed by atoms with Gasteiger partial charge < -0.3 is 9.84 Å². The van der Waals surface area contributed by atoms with Crippen LogP contribution in [0.1, 0.15) is 92.4 Å². The lowest BCUT2D eigenvalue weighted by molar-refractivity contribution is -0.162. The van der Waals surface area contributed by atoms with Crippen LogP contribution < -0.4 is 0 Å². The molecule has 0 aromatic heterocycles. The second kappa shape index (κ2) is 10.1. The van der Waals surface area contributed by atoms with Crippen molar-refractivity contribution in [3.8, 4) is 0 Å². The largest absolute Gasteiger partial charge is 0.481 e. The lowest BCUT2D eigenvalue weighted by Gasteiger charge is -2.47. The predicted molar refractivity (Wildman–Crippen MR) is 112 cm³/mol. The van der Waals surface area contributed by atoms with Gasteiger partial charge in [-0.15, -0.1) is 0 Å². The highest BCUT2D eigenvalue weighted by Gasteiger charge is 2.43. The highest BCUT2D eigenvalue weighted by atomic mass is 16.5. The third-order valence-electron chi connectivity index (χ3n) is 7.83. The number of carbonyl (C=O) groups excluding carboxylic acids is 1. The van der Waals surface area contributed by atoms with Gasteiger partial charge in [-0.05, 0) is 67.6 Å². The number of esters is 1. The third kappa shape index (κ3) is 5.73. The highest BCUT2D eigenvalue weighted by Crippen LogP contribution is 2.49. The summed E-state index contributed by atoms with van der Waals surface area (Å²) < 4.78 is 5.75. The summed E-state index contributed by atoms with van der Waals surface area (Å²) in [5, 5.41) is 9.52. The van der Waals surface area contributed by atoms with E-state index in [1.54, 1.807) is 0 Å². The number of aliphatic carboxylic acids is 1. The van der Waals surface area contributed by atoms with Crippen LogP contribution in [0.25, 0.3) is 0 Å². The smallest absolute Gasteiger partial charge is 0.309 e. The molecule has 0 saturated heterocycles. The summed E-state index contributed by atoms with van der Waals surface area (Å²) in [4.78, 5) is 24.3. The molecule has 2 aliphatic rings. The Morgan fingerprint density at radius 2 is 1.79 bits per heavy atom. The molecule has 2 aliphatic carbocycles. The number of carboxylic acids is 1. The summed E-state index contributed by atoms with van der Waals surface area (Å²) >= 11 is 0. The summed E-state index contributed by atoms with van der Waals surface area (Å²) in [7, 11) is 0. The molecule has 0 aromatic rings. The average Bonchev–Trinajstić information content (AvgIpc) is 2.63. The first-order chi connectivity index (χ1) is 13.2. The van der Waals surface area contributed by atoms with Gasteiger partial charge in [-0.25, -0.2) is 0 Å². The predicted octanol–water partition coefficient (Wildman–Crippen LogP) is 5.94. The maximum absolute atomic E-state index is 12.7. The van der Waals surface area contributed by atoms with Gasteiger partial charge in [-0.2, -0.15) is 0 Å². The highest BCUT2D eigenvalue weighted by molar-refractivity contribution is 5.81. The molecular formula is C24H42O4. The fourth-order valence-corrected chi connectivity index (χ4v) is 5.78. The van der Waals surface area contributed by atoms with E-state index in [1.165, 1.54) is 32.1 Å². The summed E-state index contributed by atoms with van der Waals surface area (Å²) in [6.45, 7) is 11.9.